The topological polar surface area (TPSA) is 94.1 Å². The first-order valence-electron chi connectivity index (χ1n) is 10.7. The zero-order valence-corrected chi connectivity index (χ0v) is 19.0. The number of anilines is 1. The first-order valence-corrected chi connectivity index (χ1v) is 11.3. The second-order valence-electron chi connectivity index (χ2n) is 7.18. The molecule has 0 aromatic heterocycles. The van der Waals surface area contributed by atoms with Gasteiger partial charge in [-0.15, -0.1) is 0 Å². The number of thiol groups is 1. The number of nitrogens with one attached hydrogen (secondary N) is 1. The first kappa shape index (κ1) is 24.4. The maximum Gasteiger partial charge on any atom is 0.412 e. The SMILES string of the molecule is O=C(CS)OCCC[C@@H](OC(=O)Nc1cccc2ccccc12)c1ccccc1OCCO. The monoisotopic (exact) mass is 469 g/mol. The predicted octanol–water partition coefficient (Wildman–Crippen LogP) is 4.75. The molecule has 174 valence electrons. The van der Waals surface area contributed by atoms with Crippen molar-refractivity contribution in [3.63, 3.8) is 0 Å². The molecule has 3 rings (SSSR count). The highest BCUT2D eigenvalue weighted by Crippen LogP contribution is 2.32. The molecular weight excluding hydrogens is 442 g/mol. The van der Waals surface area contributed by atoms with Crippen molar-refractivity contribution in [3.05, 3.63) is 72.3 Å². The van der Waals surface area contributed by atoms with Gasteiger partial charge in [-0.2, -0.15) is 12.6 Å². The van der Waals surface area contributed by atoms with Gasteiger partial charge in [-0.3, -0.25) is 10.1 Å². The van der Waals surface area contributed by atoms with Crippen LogP contribution in [0.25, 0.3) is 10.8 Å². The van der Waals surface area contributed by atoms with Gasteiger partial charge in [0.25, 0.3) is 0 Å². The second kappa shape index (κ2) is 12.7. The zero-order valence-electron chi connectivity index (χ0n) is 18.1. The van der Waals surface area contributed by atoms with Crippen LogP contribution in [0, 0.1) is 0 Å². The molecule has 7 nitrogen and oxygen atoms in total. The van der Waals surface area contributed by atoms with Crippen molar-refractivity contribution < 1.29 is 28.9 Å². The van der Waals surface area contributed by atoms with E-state index in [1.807, 2.05) is 54.6 Å². The van der Waals surface area contributed by atoms with E-state index in [-0.39, 0.29) is 25.6 Å². The smallest absolute Gasteiger partial charge is 0.412 e. The number of benzene rings is 3. The van der Waals surface area contributed by atoms with Crippen LogP contribution in [0.15, 0.2) is 66.7 Å². The fourth-order valence-electron chi connectivity index (χ4n) is 3.41. The fraction of sp³-hybridized carbons (Fsp3) is 0.280. The van der Waals surface area contributed by atoms with Gasteiger partial charge >= 0.3 is 12.1 Å². The average Bonchev–Trinajstić information content (AvgIpc) is 2.84. The lowest BCUT2D eigenvalue weighted by molar-refractivity contribution is -0.140. The fourth-order valence-corrected chi connectivity index (χ4v) is 3.51. The molecule has 0 radical (unpaired) electrons. The summed E-state index contributed by atoms with van der Waals surface area (Å²) < 4.78 is 16.5. The first-order chi connectivity index (χ1) is 16.1. The molecule has 0 heterocycles. The van der Waals surface area contributed by atoms with E-state index in [1.54, 1.807) is 12.1 Å². The molecule has 0 fully saturated rings. The van der Waals surface area contributed by atoms with Gasteiger partial charge in [0.1, 0.15) is 18.5 Å². The normalized spacial score (nSPS) is 11.6. The summed E-state index contributed by atoms with van der Waals surface area (Å²) in [6.07, 6.45) is -0.382. The Labute approximate surface area is 198 Å². The molecule has 0 aliphatic carbocycles. The third kappa shape index (κ3) is 7.13. The number of amides is 1. The summed E-state index contributed by atoms with van der Waals surface area (Å²) in [6.45, 7) is 0.163. The average molecular weight is 470 g/mol. The summed E-state index contributed by atoms with van der Waals surface area (Å²) >= 11 is 3.89. The van der Waals surface area contributed by atoms with Crippen molar-refractivity contribution in [3.8, 4) is 5.75 Å². The van der Waals surface area contributed by atoms with Gasteiger partial charge in [0, 0.05) is 10.9 Å². The van der Waals surface area contributed by atoms with Gasteiger partial charge in [-0.25, -0.2) is 4.79 Å². The Bertz CT molecular complexity index is 1070. The Balaban J connectivity index is 1.75. The maximum atomic E-state index is 12.8. The van der Waals surface area contributed by atoms with E-state index in [0.29, 0.717) is 29.8 Å². The van der Waals surface area contributed by atoms with Crippen LogP contribution >= 0.6 is 12.6 Å². The summed E-state index contributed by atoms with van der Waals surface area (Å²) in [7, 11) is 0. The van der Waals surface area contributed by atoms with Crippen molar-refractivity contribution in [2.75, 3.05) is 30.9 Å². The third-order valence-electron chi connectivity index (χ3n) is 4.89. The van der Waals surface area contributed by atoms with E-state index in [1.165, 1.54) is 0 Å². The summed E-state index contributed by atoms with van der Waals surface area (Å²) in [5.41, 5.74) is 1.31. The van der Waals surface area contributed by atoms with Gasteiger partial charge < -0.3 is 19.3 Å². The molecule has 0 saturated carbocycles. The minimum absolute atomic E-state index is 0.00516. The Kier molecular flexibility index (Phi) is 9.41. The summed E-state index contributed by atoms with van der Waals surface area (Å²) in [6, 6.07) is 20.6. The molecule has 3 aromatic rings. The highest BCUT2D eigenvalue weighted by molar-refractivity contribution is 7.81. The Morgan fingerprint density at radius 2 is 1.73 bits per heavy atom. The number of aliphatic hydroxyl groups excluding tert-OH is 1. The molecular formula is C25H27NO6S. The molecule has 2 N–H and O–H groups in total. The quantitative estimate of drug-likeness (QED) is 0.213. The molecule has 0 aliphatic heterocycles. The molecule has 3 aromatic carbocycles. The molecule has 0 saturated heterocycles. The van der Waals surface area contributed by atoms with Crippen LogP contribution in [0.5, 0.6) is 5.75 Å². The zero-order chi connectivity index (χ0) is 23.5. The molecule has 8 heteroatoms. The van der Waals surface area contributed by atoms with Crippen molar-refractivity contribution >= 4 is 41.2 Å². The maximum absolute atomic E-state index is 12.8. The van der Waals surface area contributed by atoms with Gasteiger partial charge in [-0.05, 0) is 30.4 Å². The minimum Gasteiger partial charge on any atom is -0.491 e. The van der Waals surface area contributed by atoms with Crippen LogP contribution in [-0.4, -0.2) is 42.7 Å². The van der Waals surface area contributed by atoms with Crippen LogP contribution in [0.3, 0.4) is 0 Å². The number of carbonyl (C=O) groups excluding carboxylic acids is 2. The number of aliphatic hydroxyl groups is 1. The molecule has 0 unspecified atom stereocenters. The molecule has 0 aliphatic rings. The lowest BCUT2D eigenvalue weighted by Gasteiger charge is -2.21. The van der Waals surface area contributed by atoms with E-state index in [0.717, 1.165) is 10.8 Å². The minimum atomic E-state index is -0.649. The van der Waals surface area contributed by atoms with Crippen molar-refractivity contribution in [1.82, 2.24) is 0 Å². The van der Waals surface area contributed by atoms with Gasteiger partial charge in [-0.1, -0.05) is 54.6 Å². The van der Waals surface area contributed by atoms with Crippen LogP contribution in [-0.2, 0) is 14.3 Å². The van der Waals surface area contributed by atoms with E-state index in [4.69, 9.17) is 19.3 Å². The Hall–Kier alpha value is -3.23. The van der Waals surface area contributed by atoms with Crippen LogP contribution in [0.2, 0.25) is 0 Å². The number of fused-ring (bicyclic) bond motifs is 1. The lowest BCUT2D eigenvalue weighted by Crippen LogP contribution is -2.19. The summed E-state index contributed by atoms with van der Waals surface area (Å²) in [5.74, 6) is 0.114. The number of esters is 1. The number of hydrogen-bond donors (Lipinski definition) is 3. The van der Waals surface area contributed by atoms with E-state index >= 15 is 0 Å². The molecule has 33 heavy (non-hydrogen) atoms. The third-order valence-corrected chi connectivity index (χ3v) is 5.15. The largest absolute Gasteiger partial charge is 0.491 e. The van der Waals surface area contributed by atoms with E-state index in [9.17, 15) is 9.59 Å². The Morgan fingerprint density at radius 3 is 2.55 bits per heavy atom. The van der Waals surface area contributed by atoms with E-state index in [2.05, 4.69) is 17.9 Å². The molecule has 0 spiro atoms. The van der Waals surface area contributed by atoms with Gasteiger partial charge in [0.15, 0.2) is 0 Å². The number of rotatable bonds is 11. The van der Waals surface area contributed by atoms with Crippen molar-refractivity contribution in [2.24, 2.45) is 0 Å². The molecule has 0 bridgehead atoms. The number of hydrogen-bond acceptors (Lipinski definition) is 7. The van der Waals surface area contributed by atoms with Gasteiger partial charge in [0.2, 0.25) is 0 Å². The lowest BCUT2D eigenvalue weighted by atomic mass is 10.0. The number of carbonyl (C=O) groups is 2. The molecule has 1 atom stereocenters. The van der Waals surface area contributed by atoms with Crippen LogP contribution in [0.4, 0.5) is 10.5 Å². The van der Waals surface area contributed by atoms with Crippen LogP contribution < -0.4 is 10.1 Å². The van der Waals surface area contributed by atoms with Gasteiger partial charge in [0.05, 0.1) is 24.7 Å². The molecule has 1 amide bonds. The second-order valence-corrected chi connectivity index (χ2v) is 7.49. The standard InChI is InChI=1S/C25H27NO6S/c27-14-16-30-22-12-4-3-10-20(22)23(13-6-15-31-24(28)17-33)32-25(29)26-21-11-5-8-18-7-1-2-9-19(18)21/h1-5,7-12,23,27,33H,6,13-17H2,(H,26,29)/t23-/m1/s1. The van der Waals surface area contributed by atoms with E-state index < -0.39 is 18.2 Å². The number of ether oxygens (including phenoxy) is 3. The summed E-state index contributed by atoms with van der Waals surface area (Å²) in [5, 5.41) is 13.9. The summed E-state index contributed by atoms with van der Waals surface area (Å²) in [4.78, 5) is 24.2. The Morgan fingerprint density at radius 1 is 0.970 bits per heavy atom. The highest BCUT2D eigenvalue weighted by Gasteiger charge is 2.21. The predicted molar refractivity (Wildman–Crippen MR) is 130 cm³/mol. The highest BCUT2D eigenvalue weighted by atomic mass is 32.1. The van der Waals surface area contributed by atoms with Crippen molar-refractivity contribution in [1.29, 1.82) is 0 Å². The van der Waals surface area contributed by atoms with Crippen molar-refractivity contribution in [2.45, 2.75) is 18.9 Å². The van der Waals surface area contributed by atoms with Crippen LogP contribution in [0.1, 0.15) is 24.5 Å². The number of para-hydroxylation sites is 1.